The summed E-state index contributed by atoms with van der Waals surface area (Å²) in [5, 5.41) is 2.28. The Bertz CT molecular complexity index is 1040. The maximum Gasteiger partial charge on any atom is 0.165 e. The minimum Gasteiger partial charge on any atom is -0.494 e. The van der Waals surface area contributed by atoms with Gasteiger partial charge in [-0.15, -0.1) is 0 Å². The summed E-state index contributed by atoms with van der Waals surface area (Å²) in [6.07, 6.45) is 10.6. The van der Waals surface area contributed by atoms with Crippen molar-refractivity contribution in [3.8, 4) is 11.5 Å². The van der Waals surface area contributed by atoms with Crippen molar-refractivity contribution in [2.75, 3.05) is 6.61 Å². The zero-order valence-corrected chi connectivity index (χ0v) is 21.9. The van der Waals surface area contributed by atoms with Crippen LogP contribution in [0.25, 0.3) is 10.8 Å². The summed E-state index contributed by atoms with van der Waals surface area (Å²) in [5.74, 6) is 2.09. The van der Waals surface area contributed by atoms with E-state index in [2.05, 4.69) is 38.1 Å². The molecule has 0 unspecified atom stereocenters. The quantitative estimate of drug-likeness (QED) is 0.153. The Labute approximate surface area is 211 Å². The molecule has 0 radical (unpaired) electrons. The average molecular weight is 475 g/mol. The van der Waals surface area contributed by atoms with Gasteiger partial charge >= 0.3 is 0 Å². The van der Waals surface area contributed by atoms with Gasteiger partial charge in [-0.25, -0.2) is 0 Å². The molecule has 3 rings (SSSR count). The molecule has 0 spiro atoms. The molecule has 0 fully saturated rings. The lowest BCUT2D eigenvalue weighted by molar-refractivity contribution is 0.0922. The van der Waals surface area contributed by atoms with Crippen LogP contribution in [0.15, 0.2) is 60.7 Å². The predicted octanol–water partition coefficient (Wildman–Crippen LogP) is 9.17. The van der Waals surface area contributed by atoms with Crippen LogP contribution in [-0.2, 0) is 6.61 Å². The molecule has 0 bridgehead atoms. The minimum atomic E-state index is 0.0820. The van der Waals surface area contributed by atoms with Gasteiger partial charge in [0.1, 0.15) is 18.1 Å². The summed E-state index contributed by atoms with van der Waals surface area (Å²) < 4.78 is 12.0. The highest BCUT2D eigenvalue weighted by Gasteiger charge is 2.14. The maximum absolute atomic E-state index is 12.7. The van der Waals surface area contributed by atoms with E-state index in [0.717, 1.165) is 59.3 Å². The third-order valence-corrected chi connectivity index (χ3v) is 6.63. The Hall–Kier alpha value is -2.81. The first-order valence-corrected chi connectivity index (χ1v) is 13.5. The number of rotatable bonds is 16. The molecule has 3 heteroatoms. The molecule has 35 heavy (non-hydrogen) atoms. The molecular formula is C32H42O3. The number of ketones is 1. The van der Waals surface area contributed by atoms with Gasteiger partial charge in [0.05, 0.1) is 6.61 Å². The van der Waals surface area contributed by atoms with Crippen molar-refractivity contribution >= 4 is 16.6 Å². The molecule has 0 amide bonds. The first kappa shape index (κ1) is 26.8. The van der Waals surface area contributed by atoms with Crippen molar-refractivity contribution < 1.29 is 14.3 Å². The summed E-state index contributed by atoms with van der Waals surface area (Å²) in [6, 6.07) is 20.3. The summed E-state index contributed by atoms with van der Waals surface area (Å²) in [6.45, 7) is 7.73. The number of ether oxygens (including phenoxy) is 2. The fourth-order valence-electron chi connectivity index (χ4n) is 4.33. The van der Waals surface area contributed by atoms with Gasteiger partial charge in [-0.05, 0) is 53.4 Å². The number of hydrogen-bond acceptors (Lipinski definition) is 3. The van der Waals surface area contributed by atoms with E-state index in [1.54, 1.807) is 0 Å². The van der Waals surface area contributed by atoms with Crippen molar-refractivity contribution in [2.24, 2.45) is 5.92 Å². The summed E-state index contributed by atoms with van der Waals surface area (Å²) in [5.41, 5.74) is 1.86. The van der Waals surface area contributed by atoms with Gasteiger partial charge in [0.15, 0.2) is 5.78 Å². The minimum absolute atomic E-state index is 0.0820. The van der Waals surface area contributed by atoms with E-state index in [1.165, 1.54) is 38.5 Å². The highest BCUT2D eigenvalue weighted by Crippen LogP contribution is 2.26. The van der Waals surface area contributed by atoms with Crippen LogP contribution >= 0.6 is 0 Å². The molecule has 188 valence electrons. The number of hydrogen-bond donors (Lipinski definition) is 0. The third-order valence-electron chi connectivity index (χ3n) is 6.63. The second kappa shape index (κ2) is 14.6. The van der Waals surface area contributed by atoms with Crippen molar-refractivity contribution in [1.29, 1.82) is 0 Å². The topological polar surface area (TPSA) is 35.5 Å². The number of benzene rings is 3. The Morgan fingerprint density at radius 1 is 0.714 bits per heavy atom. The number of Topliss-reactive ketones (excluding diaryl/α,β-unsaturated/α-hetero) is 1. The lowest BCUT2D eigenvalue weighted by atomic mass is 9.93. The first-order chi connectivity index (χ1) is 17.1. The van der Waals surface area contributed by atoms with Gasteiger partial charge in [0.2, 0.25) is 0 Å². The number of fused-ring (bicyclic) bond motifs is 1. The fraction of sp³-hybridized carbons (Fsp3) is 0.469. The summed E-state index contributed by atoms with van der Waals surface area (Å²) in [4.78, 5) is 12.7. The zero-order valence-electron chi connectivity index (χ0n) is 21.9. The molecule has 0 heterocycles. The number of unbranched alkanes of at least 4 members (excludes halogenated alkanes) is 6. The molecule has 0 aliphatic carbocycles. The molecule has 3 aromatic carbocycles. The largest absolute Gasteiger partial charge is 0.494 e. The lowest BCUT2D eigenvalue weighted by Gasteiger charge is -2.12. The Morgan fingerprint density at radius 2 is 1.31 bits per heavy atom. The summed E-state index contributed by atoms with van der Waals surface area (Å²) >= 11 is 0. The van der Waals surface area contributed by atoms with Crippen LogP contribution in [0.1, 0.15) is 94.5 Å². The third kappa shape index (κ3) is 8.72. The molecule has 0 saturated carbocycles. The van der Waals surface area contributed by atoms with Gasteiger partial charge in [0, 0.05) is 11.5 Å². The highest BCUT2D eigenvalue weighted by atomic mass is 16.5. The van der Waals surface area contributed by atoms with E-state index in [0.29, 0.717) is 6.61 Å². The molecule has 3 nitrogen and oxygen atoms in total. The second-order valence-corrected chi connectivity index (χ2v) is 9.68. The fourth-order valence-corrected chi connectivity index (χ4v) is 4.33. The maximum atomic E-state index is 12.7. The molecular weight excluding hydrogens is 432 g/mol. The van der Waals surface area contributed by atoms with E-state index in [9.17, 15) is 4.79 Å². The van der Waals surface area contributed by atoms with E-state index >= 15 is 0 Å². The van der Waals surface area contributed by atoms with Crippen LogP contribution in [0.4, 0.5) is 0 Å². The normalized spacial score (nSPS) is 12.0. The van der Waals surface area contributed by atoms with Crippen LogP contribution in [0.5, 0.6) is 11.5 Å². The number of carbonyl (C=O) groups excluding carboxylic acids is 1. The Morgan fingerprint density at radius 3 is 1.94 bits per heavy atom. The van der Waals surface area contributed by atoms with Crippen LogP contribution in [0.2, 0.25) is 0 Å². The monoisotopic (exact) mass is 474 g/mol. The SMILES string of the molecule is CCCCCCOc1ccc2cc(OCc3ccc(C(=O)[C@H](C)CCCCCC)cc3)ccc2c1. The average Bonchev–Trinajstić information content (AvgIpc) is 2.89. The molecule has 1 atom stereocenters. The Kier molecular flexibility index (Phi) is 11.1. The van der Waals surface area contributed by atoms with Crippen molar-refractivity contribution in [1.82, 2.24) is 0 Å². The van der Waals surface area contributed by atoms with Crippen LogP contribution < -0.4 is 9.47 Å². The van der Waals surface area contributed by atoms with Gasteiger partial charge in [-0.2, -0.15) is 0 Å². The Balaban J connectivity index is 1.49. The second-order valence-electron chi connectivity index (χ2n) is 9.68. The van der Waals surface area contributed by atoms with Crippen molar-refractivity contribution in [2.45, 2.75) is 85.2 Å². The van der Waals surface area contributed by atoms with Crippen molar-refractivity contribution in [3.63, 3.8) is 0 Å². The number of carbonyl (C=O) groups is 1. The molecule has 0 aliphatic rings. The molecule has 0 aromatic heterocycles. The predicted molar refractivity (Wildman–Crippen MR) is 147 cm³/mol. The van der Waals surface area contributed by atoms with Crippen LogP contribution in [0, 0.1) is 5.92 Å². The lowest BCUT2D eigenvalue weighted by Crippen LogP contribution is -2.11. The smallest absolute Gasteiger partial charge is 0.165 e. The van der Waals surface area contributed by atoms with E-state index in [4.69, 9.17) is 9.47 Å². The van der Waals surface area contributed by atoms with Crippen LogP contribution in [0.3, 0.4) is 0 Å². The molecule has 0 saturated heterocycles. The van der Waals surface area contributed by atoms with Gasteiger partial charge in [-0.1, -0.05) is 102 Å². The van der Waals surface area contributed by atoms with Gasteiger partial charge < -0.3 is 9.47 Å². The first-order valence-electron chi connectivity index (χ1n) is 13.5. The summed E-state index contributed by atoms with van der Waals surface area (Å²) in [7, 11) is 0. The molecule has 3 aromatic rings. The van der Waals surface area contributed by atoms with Crippen molar-refractivity contribution in [3.05, 3.63) is 71.8 Å². The van der Waals surface area contributed by atoms with E-state index in [1.807, 2.05) is 43.3 Å². The van der Waals surface area contributed by atoms with Gasteiger partial charge in [0.25, 0.3) is 0 Å². The van der Waals surface area contributed by atoms with E-state index in [-0.39, 0.29) is 11.7 Å². The van der Waals surface area contributed by atoms with Gasteiger partial charge in [-0.3, -0.25) is 4.79 Å². The van der Waals surface area contributed by atoms with Crippen LogP contribution in [-0.4, -0.2) is 12.4 Å². The molecule has 0 aliphatic heterocycles. The highest BCUT2D eigenvalue weighted by molar-refractivity contribution is 5.97. The molecule has 0 N–H and O–H groups in total. The zero-order chi connectivity index (χ0) is 24.9. The standard InChI is InChI=1S/C32H42O3/c1-4-6-8-10-12-25(3)32(33)27-15-13-26(14-16-27)24-35-31-20-18-28-22-30(19-17-29(28)23-31)34-21-11-9-7-5-2/h13-20,22-23,25H,4-12,21,24H2,1-3H3/t25-/m1/s1. The van der Waals surface area contributed by atoms with E-state index < -0.39 is 0 Å².